The zero-order valence-corrected chi connectivity index (χ0v) is 30.5. The molecule has 2 heterocycles. The van der Waals surface area contributed by atoms with Crippen molar-refractivity contribution >= 4 is 27.8 Å². The van der Waals surface area contributed by atoms with E-state index in [1.807, 2.05) is 13.8 Å². The summed E-state index contributed by atoms with van der Waals surface area (Å²) in [5.74, 6) is 2.70. The minimum Gasteiger partial charge on any atom is -0.461 e. The molecule has 55 heavy (non-hydrogen) atoms. The van der Waals surface area contributed by atoms with Gasteiger partial charge in [-0.15, -0.1) is 0 Å². The van der Waals surface area contributed by atoms with Crippen molar-refractivity contribution in [2.75, 3.05) is 0 Å². The van der Waals surface area contributed by atoms with Crippen LogP contribution >= 0.6 is 0 Å². The van der Waals surface area contributed by atoms with Gasteiger partial charge < -0.3 is 9.15 Å². The van der Waals surface area contributed by atoms with Crippen LogP contribution in [0.5, 0.6) is 11.5 Å². The number of rotatable bonds is 3. The maximum Gasteiger partial charge on any atom is 0.135 e. The van der Waals surface area contributed by atoms with Crippen LogP contribution in [0.2, 0.25) is 0 Å². The predicted octanol–water partition coefficient (Wildman–Crippen LogP) is 14.4. The highest BCUT2D eigenvalue weighted by Gasteiger charge is 2.52. The molecule has 2 aliphatic carbocycles. The molecule has 0 radical (unpaired) electrons. The number of furan rings is 1. The van der Waals surface area contributed by atoms with Gasteiger partial charge in [0.25, 0.3) is 0 Å². The maximum absolute atomic E-state index is 6.73. The molecule has 3 aliphatic rings. The quantitative estimate of drug-likeness (QED) is 0.183. The van der Waals surface area contributed by atoms with Crippen molar-refractivity contribution < 1.29 is 9.15 Å². The fourth-order valence-electron chi connectivity index (χ4n) is 10.2. The number of hydrogen-bond donors (Lipinski definition) is 0. The molecule has 12 rings (SSSR count). The number of benzene rings is 8. The summed E-state index contributed by atoms with van der Waals surface area (Å²) in [7, 11) is 0. The van der Waals surface area contributed by atoms with Gasteiger partial charge in [-0.05, 0) is 122 Å². The second kappa shape index (κ2) is 11.1. The first-order valence-electron chi connectivity index (χ1n) is 19.1. The Labute approximate surface area is 319 Å². The lowest BCUT2D eigenvalue weighted by Crippen LogP contribution is -2.25. The van der Waals surface area contributed by atoms with Gasteiger partial charge in [0.1, 0.15) is 22.8 Å². The standard InChI is InChI=1S/C53H34O2/c1-3-12-34-31(2)54-48-26-23-32(29-42(34)48)33-24-27-49-43(30-33)40-17-10-16-39-35(25-28-50(55-49)52(39)40)38-18-11-22-47-51(38)41-15-6-9-21-46(41)53(47)44-19-7-4-13-36(44)37-14-5-8-20-45(37)53/h3-30H,1-2H3/b12-3-. The Morgan fingerprint density at radius 1 is 0.473 bits per heavy atom. The van der Waals surface area contributed by atoms with Crippen molar-refractivity contribution in [1.82, 2.24) is 0 Å². The van der Waals surface area contributed by atoms with Gasteiger partial charge in [-0.1, -0.05) is 140 Å². The first-order chi connectivity index (χ1) is 27.1. The summed E-state index contributed by atoms with van der Waals surface area (Å²) in [6, 6.07) is 58.3. The molecule has 0 saturated carbocycles. The van der Waals surface area contributed by atoms with E-state index >= 15 is 0 Å². The van der Waals surface area contributed by atoms with E-state index in [-0.39, 0.29) is 5.41 Å². The van der Waals surface area contributed by atoms with E-state index in [1.54, 1.807) is 0 Å². The lowest BCUT2D eigenvalue weighted by Gasteiger charge is -2.30. The average Bonchev–Trinajstić information content (AvgIpc) is 3.83. The number of allylic oxidation sites excluding steroid dienone is 1. The van der Waals surface area contributed by atoms with Crippen molar-refractivity contribution in [3.63, 3.8) is 0 Å². The average molecular weight is 703 g/mol. The molecule has 0 bridgehead atoms. The third-order valence-corrected chi connectivity index (χ3v) is 12.4. The summed E-state index contributed by atoms with van der Waals surface area (Å²) < 4.78 is 12.8. The minimum atomic E-state index is -0.383. The SMILES string of the molecule is C/C=C\c1c(C)oc2ccc(-c3ccc4c(c3)-c3cccc5c(-c6cccc7c6-c6ccccc6C76c7ccccc7-c7ccccc76)ccc(c35)O4)cc12. The number of aryl methyl sites for hydroxylation is 1. The summed E-state index contributed by atoms with van der Waals surface area (Å²) in [5, 5.41) is 3.47. The molecule has 0 N–H and O–H groups in total. The van der Waals surface area contributed by atoms with Gasteiger partial charge in [0, 0.05) is 21.9 Å². The molecule has 2 nitrogen and oxygen atoms in total. The normalized spacial score (nSPS) is 13.9. The molecule has 9 aromatic rings. The van der Waals surface area contributed by atoms with Crippen LogP contribution in [0, 0.1) is 6.92 Å². The van der Waals surface area contributed by atoms with E-state index in [9.17, 15) is 0 Å². The highest BCUT2D eigenvalue weighted by Crippen LogP contribution is 2.64. The second-order valence-corrected chi connectivity index (χ2v) is 15.1. The van der Waals surface area contributed by atoms with Crippen LogP contribution in [-0.2, 0) is 5.41 Å². The highest BCUT2D eigenvalue weighted by atomic mass is 16.5. The monoisotopic (exact) mass is 702 g/mol. The topological polar surface area (TPSA) is 22.4 Å². The Kier molecular flexibility index (Phi) is 6.15. The lowest BCUT2D eigenvalue weighted by molar-refractivity contribution is 0.487. The van der Waals surface area contributed by atoms with Gasteiger partial charge in [-0.3, -0.25) is 0 Å². The smallest absolute Gasteiger partial charge is 0.135 e. The molecule has 258 valence electrons. The van der Waals surface area contributed by atoms with Crippen LogP contribution < -0.4 is 4.74 Å². The fraction of sp³-hybridized carbons (Fsp3) is 0.0566. The molecule has 8 aromatic carbocycles. The Morgan fingerprint density at radius 3 is 1.87 bits per heavy atom. The third-order valence-electron chi connectivity index (χ3n) is 12.4. The molecule has 0 atom stereocenters. The van der Waals surface area contributed by atoms with Crippen molar-refractivity contribution in [2.24, 2.45) is 0 Å². The van der Waals surface area contributed by atoms with E-state index in [0.717, 1.165) is 55.9 Å². The van der Waals surface area contributed by atoms with E-state index in [4.69, 9.17) is 9.15 Å². The zero-order chi connectivity index (χ0) is 36.4. The second-order valence-electron chi connectivity index (χ2n) is 15.1. The summed E-state index contributed by atoms with van der Waals surface area (Å²) in [6.07, 6.45) is 4.20. The Balaban J connectivity index is 1.06. The first-order valence-corrected chi connectivity index (χ1v) is 19.1. The molecule has 0 saturated heterocycles. The van der Waals surface area contributed by atoms with Gasteiger partial charge in [0.05, 0.1) is 5.41 Å². The minimum absolute atomic E-state index is 0.383. The van der Waals surface area contributed by atoms with Gasteiger partial charge in [0.2, 0.25) is 0 Å². The molecular weight excluding hydrogens is 669 g/mol. The maximum atomic E-state index is 6.73. The molecule has 0 fully saturated rings. The zero-order valence-electron chi connectivity index (χ0n) is 30.5. The van der Waals surface area contributed by atoms with Gasteiger partial charge in [-0.2, -0.15) is 0 Å². The third kappa shape index (κ3) is 3.93. The van der Waals surface area contributed by atoms with E-state index in [2.05, 4.69) is 170 Å². The van der Waals surface area contributed by atoms with E-state index in [1.165, 1.54) is 66.6 Å². The molecule has 2 heteroatoms. The molecule has 1 aromatic heterocycles. The Morgan fingerprint density at radius 2 is 1.09 bits per heavy atom. The Bertz CT molecular complexity index is 3110. The van der Waals surface area contributed by atoms with E-state index < -0.39 is 0 Å². The fourth-order valence-corrected chi connectivity index (χ4v) is 10.2. The van der Waals surface area contributed by atoms with Crippen LogP contribution in [0.25, 0.3) is 83.5 Å². The van der Waals surface area contributed by atoms with Crippen LogP contribution in [0.15, 0.2) is 168 Å². The summed E-state index contributed by atoms with van der Waals surface area (Å²) >= 11 is 0. The number of fused-ring (bicyclic) bond motifs is 13. The summed E-state index contributed by atoms with van der Waals surface area (Å²) in [4.78, 5) is 0. The molecule has 0 amide bonds. The van der Waals surface area contributed by atoms with Crippen LogP contribution in [-0.4, -0.2) is 0 Å². The Hall–Kier alpha value is -6.90. The van der Waals surface area contributed by atoms with Crippen molar-refractivity contribution in [1.29, 1.82) is 0 Å². The highest BCUT2D eigenvalue weighted by molar-refractivity contribution is 6.12. The van der Waals surface area contributed by atoms with Gasteiger partial charge >= 0.3 is 0 Å². The largest absolute Gasteiger partial charge is 0.461 e. The lowest BCUT2D eigenvalue weighted by atomic mass is 9.70. The van der Waals surface area contributed by atoms with Crippen LogP contribution in [0.3, 0.4) is 0 Å². The van der Waals surface area contributed by atoms with Crippen molar-refractivity contribution in [2.45, 2.75) is 19.3 Å². The van der Waals surface area contributed by atoms with Gasteiger partial charge in [0.15, 0.2) is 0 Å². The van der Waals surface area contributed by atoms with Crippen molar-refractivity contribution in [3.05, 3.63) is 197 Å². The first kappa shape index (κ1) is 30.6. The van der Waals surface area contributed by atoms with E-state index in [0.29, 0.717) is 0 Å². The summed E-state index contributed by atoms with van der Waals surface area (Å²) in [6.45, 7) is 4.08. The van der Waals surface area contributed by atoms with Crippen molar-refractivity contribution in [3.8, 4) is 67.1 Å². The molecular formula is C53H34O2. The van der Waals surface area contributed by atoms with Crippen LogP contribution in [0.4, 0.5) is 0 Å². The molecule has 1 spiro atoms. The molecule has 1 aliphatic heterocycles. The number of hydrogen-bond acceptors (Lipinski definition) is 2. The summed E-state index contributed by atoms with van der Waals surface area (Å²) in [5.41, 5.74) is 19.4. The van der Waals surface area contributed by atoms with Gasteiger partial charge in [-0.25, -0.2) is 0 Å². The predicted molar refractivity (Wildman–Crippen MR) is 226 cm³/mol. The van der Waals surface area contributed by atoms with Crippen LogP contribution in [0.1, 0.15) is 40.5 Å². The number of ether oxygens (including phenoxy) is 1. The molecule has 0 unspecified atom stereocenters.